The number of amides is 2. The zero-order chi connectivity index (χ0) is 21.8. The Hall–Kier alpha value is -3.53. The highest BCUT2D eigenvalue weighted by molar-refractivity contribution is 8.18. The molecule has 1 saturated heterocycles. The monoisotopic (exact) mass is 430 g/mol. The van der Waals surface area contributed by atoms with E-state index in [0.29, 0.717) is 28.4 Å². The number of imide groups is 1. The average Bonchev–Trinajstić information content (AvgIpc) is 3.00. The molecule has 1 fully saturated rings. The number of methoxy groups -OCH3 is 3. The van der Waals surface area contributed by atoms with Crippen molar-refractivity contribution >= 4 is 34.7 Å². The van der Waals surface area contributed by atoms with Crippen molar-refractivity contribution in [3.63, 3.8) is 0 Å². The molecule has 1 aliphatic rings. The van der Waals surface area contributed by atoms with Gasteiger partial charge in [-0.2, -0.15) is 0 Å². The van der Waals surface area contributed by atoms with Gasteiger partial charge in [-0.1, -0.05) is 12.1 Å². The van der Waals surface area contributed by atoms with Crippen LogP contribution in [-0.4, -0.2) is 42.3 Å². The van der Waals surface area contributed by atoms with Crippen molar-refractivity contribution in [2.45, 2.75) is 6.54 Å². The van der Waals surface area contributed by atoms with Crippen molar-refractivity contribution in [1.29, 1.82) is 0 Å². The maximum absolute atomic E-state index is 12.8. The number of thioether (sulfide) groups is 1. The van der Waals surface area contributed by atoms with E-state index in [1.165, 1.54) is 39.5 Å². The summed E-state index contributed by atoms with van der Waals surface area (Å²) in [4.78, 5) is 36.9. The third kappa shape index (κ3) is 4.08. The van der Waals surface area contributed by atoms with Gasteiger partial charge < -0.3 is 14.2 Å². The molecule has 1 aliphatic heterocycles. The molecule has 2 aromatic carbocycles. The standard InChI is InChI=1S/C20H18N2O7S/c1-27-15-8-7-13(17(28-2)18(15)29-3)10-16-19(23)21(20(24)30-16)11-12-5-4-6-14(9-12)22(25)26/h4-10H,11H2,1-3H3/b16-10+. The van der Waals surface area contributed by atoms with Crippen molar-refractivity contribution in [3.8, 4) is 17.2 Å². The third-order valence-corrected chi connectivity index (χ3v) is 5.26. The number of nitro groups is 1. The molecule has 3 rings (SSSR count). The fraction of sp³-hybridized carbons (Fsp3) is 0.200. The van der Waals surface area contributed by atoms with Gasteiger partial charge in [0.2, 0.25) is 5.75 Å². The lowest BCUT2D eigenvalue weighted by Crippen LogP contribution is -2.27. The molecule has 0 aliphatic carbocycles. The van der Waals surface area contributed by atoms with Crippen LogP contribution in [0, 0.1) is 10.1 Å². The van der Waals surface area contributed by atoms with Crippen molar-refractivity contribution < 1.29 is 28.7 Å². The van der Waals surface area contributed by atoms with Gasteiger partial charge in [-0.3, -0.25) is 24.6 Å². The molecular formula is C20H18N2O7S. The van der Waals surface area contributed by atoms with E-state index in [-0.39, 0.29) is 17.1 Å². The fourth-order valence-electron chi connectivity index (χ4n) is 2.97. The number of carbonyl (C=O) groups is 2. The van der Waals surface area contributed by atoms with Crippen LogP contribution in [0.25, 0.3) is 6.08 Å². The minimum Gasteiger partial charge on any atom is -0.493 e. The number of benzene rings is 2. The molecule has 30 heavy (non-hydrogen) atoms. The molecule has 156 valence electrons. The van der Waals surface area contributed by atoms with E-state index in [1.54, 1.807) is 24.3 Å². The molecule has 0 N–H and O–H groups in total. The molecular weight excluding hydrogens is 412 g/mol. The quantitative estimate of drug-likeness (QED) is 0.370. The van der Waals surface area contributed by atoms with Gasteiger partial charge in [0.25, 0.3) is 16.8 Å². The summed E-state index contributed by atoms with van der Waals surface area (Å²) in [7, 11) is 4.43. The molecule has 0 spiro atoms. The highest BCUT2D eigenvalue weighted by Gasteiger charge is 2.35. The molecule has 0 saturated carbocycles. The molecule has 0 radical (unpaired) electrons. The number of hydrogen-bond acceptors (Lipinski definition) is 8. The molecule has 0 aromatic heterocycles. The molecule has 10 heteroatoms. The van der Waals surface area contributed by atoms with Gasteiger partial charge in [-0.15, -0.1) is 0 Å². The van der Waals surface area contributed by atoms with Crippen LogP contribution < -0.4 is 14.2 Å². The average molecular weight is 430 g/mol. The van der Waals surface area contributed by atoms with E-state index in [9.17, 15) is 19.7 Å². The summed E-state index contributed by atoms with van der Waals surface area (Å²) >= 11 is 0.786. The van der Waals surface area contributed by atoms with Gasteiger partial charge in [0.1, 0.15) is 0 Å². The van der Waals surface area contributed by atoms with Crippen molar-refractivity contribution in [1.82, 2.24) is 4.90 Å². The number of rotatable bonds is 7. The Balaban J connectivity index is 1.90. The summed E-state index contributed by atoms with van der Waals surface area (Å²) in [5.41, 5.74) is 0.914. The molecule has 0 atom stereocenters. The SMILES string of the molecule is COc1ccc(/C=C2/SC(=O)N(Cc3cccc([N+](=O)[O-])c3)C2=O)c(OC)c1OC. The topological polar surface area (TPSA) is 108 Å². The summed E-state index contributed by atoms with van der Waals surface area (Å²) in [6.45, 7) is -0.0627. The second kappa shape index (κ2) is 8.87. The van der Waals surface area contributed by atoms with Crippen molar-refractivity contribution in [2.24, 2.45) is 0 Å². The first-order chi connectivity index (χ1) is 14.4. The molecule has 0 bridgehead atoms. The summed E-state index contributed by atoms with van der Waals surface area (Å²) in [6, 6.07) is 9.17. The first-order valence-corrected chi connectivity index (χ1v) is 9.49. The normalized spacial score (nSPS) is 14.9. The van der Waals surface area contributed by atoms with Crippen LogP contribution >= 0.6 is 11.8 Å². The van der Waals surface area contributed by atoms with Gasteiger partial charge in [0, 0.05) is 17.7 Å². The lowest BCUT2D eigenvalue weighted by atomic mass is 10.1. The number of carbonyl (C=O) groups excluding carboxylic acids is 2. The van der Waals surface area contributed by atoms with Crippen LogP contribution in [0.3, 0.4) is 0 Å². The molecule has 0 unspecified atom stereocenters. The van der Waals surface area contributed by atoms with Crippen LogP contribution in [0.2, 0.25) is 0 Å². The number of nitrogens with zero attached hydrogens (tertiary/aromatic N) is 2. The van der Waals surface area contributed by atoms with Gasteiger partial charge in [-0.05, 0) is 35.5 Å². The lowest BCUT2D eigenvalue weighted by Gasteiger charge is -2.14. The summed E-state index contributed by atoms with van der Waals surface area (Å²) in [6.07, 6.45) is 1.54. The van der Waals surface area contributed by atoms with Crippen LogP contribution in [0.15, 0.2) is 41.3 Å². The van der Waals surface area contributed by atoms with Gasteiger partial charge in [-0.25, -0.2) is 0 Å². The number of nitro benzene ring substituents is 1. The first-order valence-electron chi connectivity index (χ1n) is 8.67. The summed E-state index contributed by atoms with van der Waals surface area (Å²) in [5.74, 6) is 0.700. The second-order valence-corrected chi connectivity index (χ2v) is 7.11. The minimum absolute atomic E-state index is 0.0627. The van der Waals surface area contributed by atoms with E-state index < -0.39 is 16.1 Å². The van der Waals surface area contributed by atoms with Crippen molar-refractivity contribution in [2.75, 3.05) is 21.3 Å². The Morgan fingerprint density at radius 1 is 1.07 bits per heavy atom. The van der Waals surface area contributed by atoms with E-state index >= 15 is 0 Å². The predicted octanol–water partition coefficient (Wildman–Crippen LogP) is 3.86. The number of hydrogen-bond donors (Lipinski definition) is 0. The minimum atomic E-state index is -0.527. The van der Waals surface area contributed by atoms with Crippen LogP contribution in [0.1, 0.15) is 11.1 Å². The maximum Gasteiger partial charge on any atom is 0.293 e. The van der Waals surface area contributed by atoms with E-state index in [4.69, 9.17) is 14.2 Å². The zero-order valence-electron chi connectivity index (χ0n) is 16.4. The Labute approximate surface area is 176 Å². The lowest BCUT2D eigenvalue weighted by molar-refractivity contribution is -0.384. The Kier molecular flexibility index (Phi) is 6.26. The smallest absolute Gasteiger partial charge is 0.293 e. The Morgan fingerprint density at radius 3 is 2.43 bits per heavy atom. The van der Waals surface area contributed by atoms with E-state index in [0.717, 1.165) is 16.7 Å². The zero-order valence-corrected chi connectivity index (χ0v) is 17.2. The highest BCUT2D eigenvalue weighted by atomic mass is 32.2. The fourth-order valence-corrected chi connectivity index (χ4v) is 3.80. The third-order valence-electron chi connectivity index (χ3n) is 4.36. The van der Waals surface area contributed by atoms with Gasteiger partial charge >= 0.3 is 0 Å². The van der Waals surface area contributed by atoms with Crippen LogP contribution in [0.4, 0.5) is 10.5 Å². The molecule has 1 heterocycles. The molecule has 2 amide bonds. The summed E-state index contributed by atoms with van der Waals surface area (Å²) < 4.78 is 16.0. The molecule has 2 aromatic rings. The van der Waals surface area contributed by atoms with Crippen LogP contribution in [-0.2, 0) is 11.3 Å². The Bertz CT molecular complexity index is 1050. The summed E-state index contributed by atoms with van der Waals surface area (Å²) in [5, 5.41) is 10.5. The van der Waals surface area contributed by atoms with Gasteiger partial charge in [0.05, 0.1) is 37.7 Å². The number of ether oxygens (including phenoxy) is 3. The Morgan fingerprint density at radius 2 is 1.80 bits per heavy atom. The second-order valence-electron chi connectivity index (χ2n) is 6.12. The predicted molar refractivity (Wildman–Crippen MR) is 111 cm³/mol. The van der Waals surface area contributed by atoms with Gasteiger partial charge in [0.15, 0.2) is 11.5 Å². The van der Waals surface area contributed by atoms with E-state index in [1.807, 2.05) is 0 Å². The number of non-ortho nitro benzene ring substituents is 1. The molecule has 9 nitrogen and oxygen atoms in total. The van der Waals surface area contributed by atoms with Crippen LogP contribution in [0.5, 0.6) is 17.2 Å². The largest absolute Gasteiger partial charge is 0.493 e. The maximum atomic E-state index is 12.8. The van der Waals surface area contributed by atoms with E-state index in [2.05, 4.69) is 0 Å². The van der Waals surface area contributed by atoms with Crippen molar-refractivity contribution in [3.05, 3.63) is 62.5 Å². The highest BCUT2D eigenvalue weighted by Crippen LogP contribution is 2.42. The first kappa shape index (κ1) is 21.2.